The maximum Gasteiger partial charge on any atom is 0.0195 e. The van der Waals surface area contributed by atoms with Gasteiger partial charge in [0.05, 0.1) is 0 Å². The molecule has 1 fully saturated rings. The first-order valence-electron chi connectivity index (χ1n) is 5.74. The Morgan fingerprint density at radius 2 is 1.69 bits per heavy atom. The molecule has 2 nitrogen and oxygen atoms in total. The fraction of sp³-hybridized carbons (Fsp3) is 1.00. The summed E-state index contributed by atoms with van der Waals surface area (Å²) in [6.45, 7) is 17.0. The Morgan fingerprint density at radius 3 is 2.08 bits per heavy atom. The summed E-state index contributed by atoms with van der Waals surface area (Å²) < 4.78 is 0. The maximum absolute atomic E-state index is 2.55. The van der Waals surface area contributed by atoms with Crippen molar-refractivity contribution in [1.82, 2.24) is 9.80 Å². The van der Waals surface area contributed by atoms with E-state index in [1.807, 2.05) is 13.8 Å². The van der Waals surface area contributed by atoms with Crippen molar-refractivity contribution in [3.05, 3.63) is 0 Å². The third kappa shape index (κ3) is 4.10. The van der Waals surface area contributed by atoms with E-state index in [1.165, 1.54) is 32.7 Å². The topological polar surface area (TPSA) is 6.48 Å². The van der Waals surface area contributed by atoms with E-state index in [1.54, 1.807) is 0 Å². The largest absolute Gasteiger partial charge is 0.301 e. The van der Waals surface area contributed by atoms with Crippen LogP contribution in [0.3, 0.4) is 0 Å². The molecule has 1 atom stereocenters. The van der Waals surface area contributed by atoms with Crippen LogP contribution in [-0.4, -0.2) is 48.6 Å². The van der Waals surface area contributed by atoms with Gasteiger partial charge in [-0.25, -0.2) is 0 Å². The Kier molecular flexibility index (Phi) is 7.29. The quantitative estimate of drug-likeness (QED) is 0.651. The molecule has 0 aromatic rings. The van der Waals surface area contributed by atoms with Crippen molar-refractivity contribution in [1.29, 1.82) is 0 Å². The van der Waals surface area contributed by atoms with Crippen LogP contribution in [0.15, 0.2) is 0 Å². The Morgan fingerprint density at radius 1 is 1.08 bits per heavy atom. The predicted octanol–water partition coefficient (Wildman–Crippen LogP) is 2.06. The molecule has 0 aromatic heterocycles. The molecule has 0 bridgehead atoms. The highest BCUT2D eigenvalue weighted by molar-refractivity contribution is 4.77. The summed E-state index contributed by atoms with van der Waals surface area (Å²) in [5.41, 5.74) is 0. The molecule has 1 saturated heterocycles. The molecule has 2 heteroatoms. The summed E-state index contributed by atoms with van der Waals surface area (Å²) in [5, 5.41) is 0. The van der Waals surface area contributed by atoms with Gasteiger partial charge in [-0.05, 0) is 20.0 Å². The molecule has 1 heterocycles. The van der Waals surface area contributed by atoms with E-state index in [2.05, 4.69) is 30.6 Å². The number of hydrogen-bond donors (Lipinski definition) is 0. The van der Waals surface area contributed by atoms with Gasteiger partial charge < -0.3 is 4.90 Å². The molecule has 13 heavy (non-hydrogen) atoms. The minimum Gasteiger partial charge on any atom is -0.301 e. The minimum absolute atomic E-state index is 0.758. The molecule has 0 N–H and O–H groups in total. The number of hydrogen-bond acceptors (Lipinski definition) is 2. The Balaban J connectivity index is 0.000000671. The van der Waals surface area contributed by atoms with Crippen LogP contribution in [0.1, 0.15) is 34.6 Å². The average molecular weight is 186 g/mol. The van der Waals surface area contributed by atoms with Gasteiger partial charge in [0.25, 0.3) is 0 Å². The van der Waals surface area contributed by atoms with Crippen molar-refractivity contribution in [2.24, 2.45) is 0 Å². The van der Waals surface area contributed by atoms with Crippen molar-refractivity contribution in [3.63, 3.8) is 0 Å². The molecule has 80 valence electrons. The van der Waals surface area contributed by atoms with Crippen LogP contribution >= 0.6 is 0 Å². The van der Waals surface area contributed by atoms with Crippen molar-refractivity contribution in [2.75, 3.05) is 32.7 Å². The van der Waals surface area contributed by atoms with Crippen molar-refractivity contribution in [3.8, 4) is 0 Å². The third-order valence-corrected chi connectivity index (χ3v) is 2.70. The monoisotopic (exact) mass is 186 g/mol. The highest BCUT2D eigenvalue weighted by Crippen LogP contribution is 2.07. The van der Waals surface area contributed by atoms with Gasteiger partial charge in [-0.15, -0.1) is 0 Å². The maximum atomic E-state index is 2.55. The number of likely N-dealkylation sites (N-methyl/N-ethyl adjacent to an activating group) is 2. The summed E-state index contributed by atoms with van der Waals surface area (Å²) >= 11 is 0. The minimum atomic E-state index is 0.758. The summed E-state index contributed by atoms with van der Waals surface area (Å²) in [4.78, 5) is 5.07. The third-order valence-electron chi connectivity index (χ3n) is 2.70. The first kappa shape index (κ1) is 12.9. The van der Waals surface area contributed by atoms with E-state index in [0.717, 1.165) is 6.04 Å². The smallest absolute Gasteiger partial charge is 0.0195 e. The highest BCUT2D eigenvalue weighted by Gasteiger charge is 2.20. The van der Waals surface area contributed by atoms with Gasteiger partial charge in [-0.3, -0.25) is 4.90 Å². The fourth-order valence-electron chi connectivity index (χ4n) is 1.83. The van der Waals surface area contributed by atoms with Crippen LogP contribution in [-0.2, 0) is 0 Å². The van der Waals surface area contributed by atoms with Crippen molar-refractivity contribution >= 4 is 0 Å². The number of piperazine rings is 1. The van der Waals surface area contributed by atoms with Crippen LogP contribution < -0.4 is 0 Å². The molecule has 1 aliphatic rings. The van der Waals surface area contributed by atoms with E-state index in [0.29, 0.717) is 0 Å². The van der Waals surface area contributed by atoms with Gasteiger partial charge >= 0.3 is 0 Å². The van der Waals surface area contributed by atoms with Crippen molar-refractivity contribution < 1.29 is 0 Å². The van der Waals surface area contributed by atoms with Crippen LogP contribution in [0.25, 0.3) is 0 Å². The van der Waals surface area contributed by atoms with E-state index in [-0.39, 0.29) is 0 Å². The zero-order valence-electron chi connectivity index (χ0n) is 10.0. The molecular weight excluding hydrogens is 160 g/mol. The van der Waals surface area contributed by atoms with Crippen LogP contribution in [0.5, 0.6) is 0 Å². The standard InChI is InChI=1S/C9H20N2.C2H6/c1-4-10-6-7-11(5-2)9(3)8-10;1-2/h9H,4-8H2,1-3H3;1-2H3. The number of rotatable bonds is 2. The highest BCUT2D eigenvalue weighted by atomic mass is 15.3. The summed E-state index contributed by atoms with van der Waals surface area (Å²) in [6, 6.07) is 0.758. The Labute approximate surface area is 83.9 Å². The SMILES string of the molecule is CC.CCN1CCN(CC)C(C)C1. The second kappa shape index (κ2) is 7.34. The van der Waals surface area contributed by atoms with E-state index < -0.39 is 0 Å². The molecule has 1 unspecified atom stereocenters. The molecule has 0 amide bonds. The molecule has 0 spiro atoms. The lowest BCUT2D eigenvalue weighted by molar-refractivity contribution is 0.0919. The summed E-state index contributed by atoms with van der Waals surface area (Å²) in [7, 11) is 0. The molecule has 0 saturated carbocycles. The lowest BCUT2D eigenvalue weighted by atomic mass is 10.2. The molecule has 0 aliphatic carbocycles. The van der Waals surface area contributed by atoms with Gasteiger partial charge in [0.1, 0.15) is 0 Å². The average Bonchev–Trinajstić information content (AvgIpc) is 2.20. The summed E-state index contributed by atoms with van der Waals surface area (Å²) in [6.07, 6.45) is 0. The normalized spacial score (nSPS) is 25.2. The second-order valence-corrected chi connectivity index (χ2v) is 3.37. The van der Waals surface area contributed by atoms with Crippen LogP contribution in [0, 0.1) is 0 Å². The molecule has 1 aliphatic heterocycles. The predicted molar refractivity (Wildman–Crippen MR) is 60.2 cm³/mol. The lowest BCUT2D eigenvalue weighted by Crippen LogP contribution is -2.51. The first-order valence-corrected chi connectivity index (χ1v) is 5.74. The van der Waals surface area contributed by atoms with Gasteiger partial charge in [-0.1, -0.05) is 27.7 Å². The van der Waals surface area contributed by atoms with E-state index in [9.17, 15) is 0 Å². The Bertz CT molecular complexity index is 115. The van der Waals surface area contributed by atoms with Gasteiger partial charge in [0, 0.05) is 25.7 Å². The zero-order valence-corrected chi connectivity index (χ0v) is 10.0. The second-order valence-electron chi connectivity index (χ2n) is 3.37. The molecule has 1 rings (SSSR count). The number of nitrogens with zero attached hydrogens (tertiary/aromatic N) is 2. The zero-order chi connectivity index (χ0) is 10.3. The van der Waals surface area contributed by atoms with E-state index >= 15 is 0 Å². The van der Waals surface area contributed by atoms with E-state index in [4.69, 9.17) is 0 Å². The first-order chi connectivity index (χ1) is 6.27. The van der Waals surface area contributed by atoms with Gasteiger partial charge in [-0.2, -0.15) is 0 Å². The van der Waals surface area contributed by atoms with Gasteiger partial charge in [0.15, 0.2) is 0 Å². The fourth-order valence-corrected chi connectivity index (χ4v) is 1.83. The Hall–Kier alpha value is -0.0800. The van der Waals surface area contributed by atoms with Crippen LogP contribution in [0.2, 0.25) is 0 Å². The molecule has 0 aromatic carbocycles. The molecular formula is C11H26N2. The van der Waals surface area contributed by atoms with Crippen LogP contribution in [0.4, 0.5) is 0 Å². The van der Waals surface area contributed by atoms with Crippen molar-refractivity contribution in [2.45, 2.75) is 40.7 Å². The lowest BCUT2D eigenvalue weighted by Gasteiger charge is -2.38. The molecule has 0 radical (unpaired) electrons. The van der Waals surface area contributed by atoms with Gasteiger partial charge in [0.2, 0.25) is 0 Å². The summed E-state index contributed by atoms with van der Waals surface area (Å²) in [5.74, 6) is 0.